The van der Waals surface area contributed by atoms with Gasteiger partial charge in [-0.1, -0.05) is 24.7 Å². The summed E-state index contributed by atoms with van der Waals surface area (Å²) in [6, 6.07) is 1.00. The second-order valence-electron chi connectivity index (χ2n) is 4.63. The van der Waals surface area contributed by atoms with Crippen molar-refractivity contribution in [3.63, 3.8) is 0 Å². The van der Waals surface area contributed by atoms with E-state index in [-0.39, 0.29) is 0 Å². The van der Waals surface area contributed by atoms with Crippen LogP contribution in [0.2, 0.25) is 25.7 Å². The van der Waals surface area contributed by atoms with Crippen molar-refractivity contribution in [1.29, 1.82) is 0 Å². The van der Waals surface area contributed by atoms with Crippen LogP contribution in [-0.2, 0) is 12.3 Å². The van der Waals surface area contributed by atoms with E-state index in [1.54, 1.807) is 0 Å². The highest BCUT2D eigenvalue weighted by molar-refractivity contribution is 6.96. The lowest BCUT2D eigenvalue weighted by atomic mass is 10.6. The Hall–Kier alpha value is 0.0106. The molecule has 0 amide bonds. The first-order chi connectivity index (χ1) is 7.30. The van der Waals surface area contributed by atoms with E-state index in [1.165, 1.54) is 0 Å². The molecule has 6 heteroatoms. The van der Waals surface area contributed by atoms with Gasteiger partial charge in [0.15, 0.2) is 0 Å². The third-order valence-corrected chi connectivity index (χ3v) is 15.5. The molecule has 2 unspecified atom stereocenters. The minimum atomic E-state index is -2.25. The van der Waals surface area contributed by atoms with Crippen LogP contribution >= 0.6 is 0 Å². The van der Waals surface area contributed by atoms with E-state index in [0.29, 0.717) is 0 Å². The van der Waals surface area contributed by atoms with Crippen LogP contribution < -0.4 is 0 Å². The molecule has 1 aliphatic rings. The molecule has 0 aromatic heterocycles. The molecule has 0 N–H and O–H groups in total. The summed E-state index contributed by atoms with van der Waals surface area (Å²) in [5.41, 5.74) is 3.70. The van der Waals surface area contributed by atoms with Gasteiger partial charge in [0.1, 0.15) is 0 Å². The van der Waals surface area contributed by atoms with Crippen molar-refractivity contribution in [3.05, 3.63) is 24.6 Å². The van der Waals surface area contributed by atoms with E-state index < -0.39 is 25.7 Å². The van der Waals surface area contributed by atoms with E-state index in [9.17, 15) is 0 Å². The summed E-state index contributed by atoms with van der Waals surface area (Å²) < 4.78 is 18.3. The molecule has 1 heterocycles. The fourth-order valence-corrected chi connectivity index (χ4v) is 16.8. The molecule has 0 aliphatic carbocycles. The summed E-state index contributed by atoms with van der Waals surface area (Å²) in [6.45, 7) is 16.1. The summed E-state index contributed by atoms with van der Waals surface area (Å²) in [4.78, 5) is 0. The van der Waals surface area contributed by atoms with Gasteiger partial charge in [-0.2, -0.15) is 0 Å². The largest absolute Gasteiger partial charge is 0.413 e. The first-order valence-electron chi connectivity index (χ1n) is 5.68. The van der Waals surface area contributed by atoms with Gasteiger partial charge in [-0.3, -0.25) is 0 Å². The van der Waals surface area contributed by atoms with Gasteiger partial charge in [0.2, 0.25) is 0 Å². The Morgan fingerprint density at radius 2 is 1.38 bits per heavy atom. The maximum Gasteiger partial charge on any atom is 0.343 e. The number of rotatable bonds is 4. The van der Waals surface area contributed by atoms with Crippen molar-refractivity contribution in [2.75, 3.05) is 0 Å². The molecule has 0 aromatic rings. The Bertz CT molecular complexity index is 275. The normalized spacial score (nSPS) is 44.0. The molecule has 2 atom stereocenters. The standard InChI is InChI=1S/C10H22O3Si3/c1-7-10-16(6)12-14(4,8-2)11-15(5,9-3)13-16/h8-9H,2-3,7,10H2,1,4-6H3. The van der Waals surface area contributed by atoms with Crippen molar-refractivity contribution in [3.8, 4) is 0 Å². The minimum Gasteiger partial charge on any atom is -0.413 e. The summed E-state index contributed by atoms with van der Waals surface area (Å²) >= 11 is 0. The zero-order valence-corrected chi connectivity index (χ0v) is 13.7. The first kappa shape index (κ1) is 14.1. The average Bonchev–Trinajstić information content (AvgIpc) is 2.16. The van der Waals surface area contributed by atoms with Crippen LogP contribution in [0, 0.1) is 0 Å². The van der Waals surface area contributed by atoms with Crippen LogP contribution in [0.5, 0.6) is 0 Å². The summed E-state index contributed by atoms with van der Waals surface area (Å²) in [7, 11) is -6.59. The first-order valence-corrected chi connectivity index (χ1v) is 13.0. The molecule has 1 rings (SSSR count). The van der Waals surface area contributed by atoms with Crippen molar-refractivity contribution in [1.82, 2.24) is 0 Å². The minimum absolute atomic E-state index is 1.00. The fourth-order valence-electron chi connectivity index (χ4n) is 2.05. The van der Waals surface area contributed by atoms with Crippen molar-refractivity contribution >= 4 is 25.7 Å². The molecular formula is C10H22O3Si3. The van der Waals surface area contributed by atoms with E-state index in [2.05, 4.69) is 26.6 Å². The van der Waals surface area contributed by atoms with Crippen LogP contribution in [0.15, 0.2) is 24.6 Å². The van der Waals surface area contributed by atoms with Gasteiger partial charge in [-0.05, 0) is 25.7 Å². The van der Waals surface area contributed by atoms with E-state index >= 15 is 0 Å². The van der Waals surface area contributed by atoms with Crippen LogP contribution in [0.4, 0.5) is 0 Å². The molecule has 92 valence electrons. The molecule has 0 spiro atoms. The van der Waals surface area contributed by atoms with E-state index in [1.807, 2.05) is 24.5 Å². The third-order valence-electron chi connectivity index (χ3n) is 2.69. The molecule has 16 heavy (non-hydrogen) atoms. The number of hydrogen-bond acceptors (Lipinski definition) is 3. The smallest absolute Gasteiger partial charge is 0.343 e. The lowest BCUT2D eigenvalue weighted by Crippen LogP contribution is -2.66. The second kappa shape index (κ2) is 4.71. The van der Waals surface area contributed by atoms with Crippen LogP contribution in [0.1, 0.15) is 13.3 Å². The molecule has 3 nitrogen and oxygen atoms in total. The molecule has 0 saturated carbocycles. The van der Waals surface area contributed by atoms with Gasteiger partial charge in [0, 0.05) is 0 Å². The molecule has 0 bridgehead atoms. The predicted octanol–water partition coefficient (Wildman–Crippen LogP) is 3.13. The summed E-state index contributed by atoms with van der Waals surface area (Å²) in [5.74, 6) is 0. The third kappa shape index (κ3) is 3.02. The van der Waals surface area contributed by atoms with Crippen LogP contribution in [0.3, 0.4) is 0 Å². The molecular weight excluding hydrogens is 252 g/mol. The Morgan fingerprint density at radius 1 is 0.938 bits per heavy atom. The quantitative estimate of drug-likeness (QED) is 0.737. The van der Waals surface area contributed by atoms with E-state index in [0.717, 1.165) is 12.5 Å². The molecule has 0 aromatic carbocycles. The van der Waals surface area contributed by atoms with Gasteiger partial charge < -0.3 is 12.3 Å². The second-order valence-corrected chi connectivity index (χ2v) is 14.7. The lowest BCUT2D eigenvalue weighted by molar-refractivity contribution is 0.240. The van der Waals surface area contributed by atoms with Gasteiger partial charge >= 0.3 is 25.7 Å². The Morgan fingerprint density at radius 3 is 1.69 bits per heavy atom. The highest BCUT2D eigenvalue weighted by Gasteiger charge is 2.54. The maximum absolute atomic E-state index is 6.15. The zero-order valence-electron chi connectivity index (χ0n) is 10.7. The van der Waals surface area contributed by atoms with Crippen molar-refractivity contribution in [2.24, 2.45) is 0 Å². The van der Waals surface area contributed by atoms with Gasteiger partial charge in [0.05, 0.1) is 0 Å². The van der Waals surface area contributed by atoms with Gasteiger partial charge in [0.25, 0.3) is 0 Å². The van der Waals surface area contributed by atoms with Crippen LogP contribution in [-0.4, -0.2) is 25.7 Å². The zero-order chi connectivity index (χ0) is 12.4. The van der Waals surface area contributed by atoms with Crippen molar-refractivity contribution in [2.45, 2.75) is 39.0 Å². The molecule has 0 radical (unpaired) electrons. The Labute approximate surface area is 102 Å². The molecule has 1 saturated heterocycles. The fraction of sp³-hybridized carbons (Fsp3) is 0.600. The number of hydrogen-bond donors (Lipinski definition) is 0. The summed E-state index contributed by atoms with van der Waals surface area (Å²) in [6.07, 6.45) is 1.08. The van der Waals surface area contributed by atoms with Crippen LogP contribution in [0.25, 0.3) is 0 Å². The average molecular weight is 275 g/mol. The van der Waals surface area contributed by atoms with Gasteiger partial charge in [-0.25, -0.2) is 0 Å². The lowest BCUT2D eigenvalue weighted by Gasteiger charge is -2.48. The maximum atomic E-state index is 6.15. The van der Waals surface area contributed by atoms with Gasteiger partial charge in [-0.15, -0.1) is 13.2 Å². The highest BCUT2D eigenvalue weighted by atomic mass is 28.5. The molecule has 1 fully saturated rings. The monoisotopic (exact) mass is 274 g/mol. The Balaban J connectivity index is 2.99. The topological polar surface area (TPSA) is 27.7 Å². The SMILES string of the molecule is C=C[Si]1(C)O[Si](C)(C=C)O[Si](C)(CCC)O1. The Kier molecular flexibility index (Phi) is 4.14. The molecule has 1 aliphatic heterocycles. The van der Waals surface area contributed by atoms with E-state index in [4.69, 9.17) is 12.3 Å². The summed E-state index contributed by atoms with van der Waals surface area (Å²) in [5, 5.41) is 0. The predicted molar refractivity (Wildman–Crippen MR) is 73.6 cm³/mol. The highest BCUT2D eigenvalue weighted by Crippen LogP contribution is 2.34. The van der Waals surface area contributed by atoms with Crippen molar-refractivity contribution < 1.29 is 12.3 Å².